The van der Waals surface area contributed by atoms with Gasteiger partial charge in [0, 0.05) is 18.0 Å². The SMILES string of the molecule is COc1ccc2nccnc2c1C. The summed E-state index contributed by atoms with van der Waals surface area (Å²) in [5, 5.41) is 0. The maximum absolute atomic E-state index is 5.19. The fourth-order valence-corrected chi connectivity index (χ4v) is 1.38. The summed E-state index contributed by atoms with van der Waals surface area (Å²) in [4.78, 5) is 8.45. The van der Waals surface area contributed by atoms with Crippen molar-refractivity contribution >= 4 is 11.0 Å². The minimum atomic E-state index is 0.855. The van der Waals surface area contributed by atoms with E-state index < -0.39 is 0 Å². The molecule has 0 unspecified atom stereocenters. The van der Waals surface area contributed by atoms with E-state index in [1.54, 1.807) is 19.5 Å². The van der Waals surface area contributed by atoms with Crippen molar-refractivity contribution in [2.45, 2.75) is 6.92 Å². The minimum absolute atomic E-state index is 0.855. The van der Waals surface area contributed by atoms with Crippen molar-refractivity contribution in [1.29, 1.82) is 0 Å². The Balaban J connectivity index is 2.79. The highest BCUT2D eigenvalue weighted by Gasteiger charge is 2.03. The van der Waals surface area contributed by atoms with E-state index in [0.29, 0.717) is 0 Å². The van der Waals surface area contributed by atoms with Crippen LogP contribution in [0.3, 0.4) is 0 Å². The second kappa shape index (κ2) is 3.01. The number of ether oxygens (including phenoxy) is 1. The highest BCUT2D eigenvalue weighted by molar-refractivity contribution is 5.79. The molecule has 1 aromatic heterocycles. The van der Waals surface area contributed by atoms with Gasteiger partial charge >= 0.3 is 0 Å². The average molecular weight is 174 g/mol. The van der Waals surface area contributed by atoms with Crippen molar-refractivity contribution < 1.29 is 4.74 Å². The zero-order valence-corrected chi connectivity index (χ0v) is 7.61. The van der Waals surface area contributed by atoms with Gasteiger partial charge in [0.25, 0.3) is 0 Å². The Morgan fingerprint density at radius 2 is 1.92 bits per heavy atom. The molecule has 0 aliphatic rings. The largest absolute Gasteiger partial charge is 0.496 e. The molecule has 0 radical (unpaired) electrons. The molecule has 0 saturated heterocycles. The first-order chi connectivity index (χ1) is 6.33. The highest BCUT2D eigenvalue weighted by Crippen LogP contribution is 2.23. The summed E-state index contributed by atoms with van der Waals surface area (Å²) >= 11 is 0. The summed E-state index contributed by atoms with van der Waals surface area (Å²) < 4.78 is 5.19. The van der Waals surface area contributed by atoms with Crippen LogP contribution in [-0.4, -0.2) is 17.1 Å². The fourth-order valence-electron chi connectivity index (χ4n) is 1.38. The summed E-state index contributed by atoms with van der Waals surface area (Å²) in [7, 11) is 1.66. The number of benzene rings is 1. The lowest BCUT2D eigenvalue weighted by Crippen LogP contribution is -1.91. The lowest BCUT2D eigenvalue weighted by molar-refractivity contribution is 0.412. The summed E-state index contributed by atoms with van der Waals surface area (Å²) in [5.41, 5.74) is 2.84. The van der Waals surface area contributed by atoms with Gasteiger partial charge in [-0.15, -0.1) is 0 Å². The Bertz CT molecular complexity index is 440. The van der Waals surface area contributed by atoms with Crippen molar-refractivity contribution in [2.24, 2.45) is 0 Å². The molecule has 0 fully saturated rings. The van der Waals surface area contributed by atoms with E-state index in [1.165, 1.54) is 0 Å². The van der Waals surface area contributed by atoms with E-state index in [1.807, 2.05) is 19.1 Å². The zero-order valence-electron chi connectivity index (χ0n) is 7.61. The predicted octanol–water partition coefficient (Wildman–Crippen LogP) is 1.95. The number of aryl methyl sites for hydroxylation is 1. The smallest absolute Gasteiger partial charge is 0.124 e. The Hall–Kier alpha value is -1.64. The maximum Gasteiger partial charge on any atom is 0.124 e. The first kappa shape index (κ1) is 7.98. The molecule has 66 valence electrons. The number of rotatable bonds is 1. The molecule has 3 heteroatoms. The van der Waals surface area contributed by atoms with Gasteiger partial charge in [0.1, 0.15) is 5.75 Å². The third-order valence-corrected chi connectivity index (χ3v) is 2.06. The number of fused-ring (bicyclic) bond motifs is 1. The predicted molar refractivity (Wildman–Crippen MR) is 50.8 cm³/mol. The van der Waals surface area contributed by atoms with Crippen LogP contribution >= 0.6 is 0 Å². The van der Waals surface area contributed by atoms with Gasteiger partial charge in [0.15, 0.2) is 0 Å². The summed E-state index contributed by atoms with van der Waals surface area (Å²) in [6.07, 6.45) is 3.38. The number of methoxy groups -OCH3 is 1. The number of hydrogen-bond donors (Lipinski definition) is 0. The van der Waals surface area contributed by atoms with E-state index in [2.05, 4.69) is 9.97 Å². The molecule has 0 saturated carbocycles. The van der Waals surface area contributed by atoms with E-state index in [0.717, 1.165) is 22.3 Å². The lowest BCUT2D eigenvalue weighted by atomic mass is 10.2. The first-order valence-electron chi connectivity index (χ1n) is 4.07. The van der Waals surface area contributed by atoms with Crippen molar-refractivity contribution in [3.05, 3.63) is 30.1 Å². The Morgan fingerprint density at radius 1 is 1.15 bits per heavy atom. The Kier molecular flexibility index (Phi) is 1.85. The molecule has 13 heavy (non-hydrogen) atoms. The van der Waals surface area contributed by atoms with Crippen LogP contribution in [0.5, 0.6) is 5.75 Å². The first-order valence-corrected chi connectivity index (χ1v) is 4.07. The van der Waals surface area contributed by atoms with Gasteiger partial charge in [0.2, 0.25) is 0 Å². The number of hydrogen-bond acceptors (Lipinski definition) is 3. The lowest BCUT2D eigenvalue weighted by Gasteiger charge is -2.05. The normalized spacial score (nSPS) is 10.3. The second-order valence-electron chi connectivity index (χ2n) is 2.82. The quantitative estimate of drug-likeness (QED) is 0.662. The molecule has 0 spiro atoms. The molecule has 0 aliphatic carbocycles. The summed E-state index contributed by atoms with van der Waals surface area (Å²) in [6, 6.07) is 3.82. The Labute approximate surface area is 76.4 Å². The van der Waals surface area contributed by atoms with Crippen molar-refractivity contribution in [3.63, 3.8) is 0 Å². The average Bonchev–Trinajstić information content (AvgIpc) is 2.19. The monoisotopic (exact) mass is 174 g/mol. The Morgan fingerprint density at radius 3 is 2.69 bits per heavy atom. The van der Waals surface area contributed by atoms with Crippen LogP contribution in [0.25, 0.3) is 11.0 Å². The van der Waals surface area contributed by atoms with Crippen LogP contribution in [0.4, 0.5) is 0 Å². The van der Waals surface area contributed by atoms with E-state index >= 15 is 0 Å². The van der Waals surface area contributed by atoms with Crippen LogP contribution in [0.1, 0.15) is 5.56 Å². The number of nitrogens with zero attached hydrogens (tertiary/aromatic N) is 2. The molecule has 1 aromatic carbocycles. The van der Waals surface area contributed by atoms with Gasteiger partial charge in [-0.3, -0.25) is 9.97 Å². The van der Waals surface area contributed by atoms with Crippen LogP contribution in [0.2, 0.25) is 0 Å². The second-order valence-corrected chi connectivity index (χ2v) is 2.82. The van der Waals surface area contributed by atoms with Gasteiger partial charge in [-0.25, -0.2) is 0 Å². The topological polar surface area (TPSA) is 35.0 Å². The molecule has 3 nitrogen and oxygen atoms in total. The molecule has 1 heterocycles. The number of aromatic nitrogens is 2. The molecule has 0 N–H and O–H groups in total. The molecule has 2 aromatic rings. The summed E-state index contributed by atoms with van der Waals surface area (Å²) in [5.74, 6) is 0.855. The van der Waals surface area contributed by atoms with Gasteiger partial charge < -0.3 is 4.74 Å². The van der Waals surface area contributed by atoms with Crippen LogP contribution in [-0.2, 0) is 0 Å². The van der Waals surface area contributed by atoms with Gasteiger partial charge in [0.05, 0.1) is 18.1 Å². The molecule has 0 aliphatic heterocycles. The minimum Gasteiger partial charge on any atom is -0.496 e. The zero-order chi connectivity index (χ0) is 9.26. The van der Waals surface area contributed by atoms with Crippen molar-refractivity contribution in [3.8, 4) is 5.75 Å². The van der Waals surface area contributed by atoms with Gasteiger partial charge in [-0.1, -0.05) is 0 Å². The molecule has 0 amide bonds. The third kappa shape index (κ3) is 1.22. The van der Waals surface area contributed by atoms with Crippen molar-refractivity contribution in [2.75, 3.05) is 7.11 Å². The van der Waals surface area contributed by atoms with E-state index in [-0.39, 0.29) is 0 Å². The van der Waals surface area contributed by atoms with E-state index in [9.17, 15) is 0 Å². The fraction of sp³-hybridized carbons (Fsp3) is 0.200. The van der Waals surface area contributed by atoms with Crippen LogP contribution in [0, 0.1) is 6.92 Å². The molecular formula is C10H10N2O. The van der Waals surface area contributed by atoms with Gasteiger partial charge in [-0.05, 0) is 19.1 Å². The molecular weight excluding hydrogens is 164 g/mol. The van der Waals surface area contributed by atoms with E-state index in [4.69, 9.17) is 4.74 Å². The summed E-state index contributed by atoms with van der Waals surface area (Å²) in [6.45, 7) is 1.98. The van der Waals surface area contributed by atoms with Gasteiger partial charge in [-0.2, -0.15) is 0 Å². The molecule has 0 bridgehead atoms. The van der Waals surface area contributed by atoms with Crippen LogP contribution in [0.15, 0.2) is 24.5 Å². The molecule has 0 atom stereocenters. The standard InChI is InChI=1S/C10H10N2O/c1-7-9(13-2)4-3-8-10(7)12-6-5-11-8/h3-6H,1-2H3. The van der Waals surface area contributed by atoms with Crippen LogP contribution < -0.4 is 4.74 Å². The third-order valence-electron chi connectivity index (χ3n) is 2.06. The molecule has 2 rings (SSSR count). The maximum atomic E-state index is 5.19. The highest BCUT2D eigenvalue weighted by atomic mass is 16.5. The van der Waals surface area contributed by atoms with Crippen molar-refractivity contribution in [1.82, 2.24) is 9.97 Å².